The van der Waals surface area contributed by atoms with Gasteiger partial charge in [-0.1, -0.05) is 29.8 Å². The minimum atomic E-state index is -0.844. The maximum atomic E-state index is 13.6. The smallest absolute Gasteiger partial charge is 0.273 e. The van der Waals surface area contributed by atoms with E-state index in [0.717, 1.165) is 17.0 Å². The van der Waals surface area contributed by atoms with Crippen LogP contribution in [0.3, 0.4) is 0 Å². The average Bonchev–Trinajstić information content (AvgIpc) is 2.74. The number of amides is 1. The van der Waals surface area contributed by atoms with Crippen molar-refractivity contribution in [1.82, 2.24) is 4.57 Å². The average molecular weight is 321 g/mol. The summed E-state index contributed by atoms with van der Waals surface area (Å²) in [6, 6.07) is 10.2. The first kappa shape index (κ1) is 14.5. The molecule has 2 aromatic carbocycles. The van der Waals surface area contributed by atoms with Crippen molar-refractivity contribution in [1.29, 1.82) is 0 Å². The van der Waals surface area contributed by atoms with E-state index in [1.807, 2.05) is 18.2 Å². The molecule has 1 N–H and O–H groups in total. The molecule has 0 bridgehead atoms. The van der Waals surface area contributed by atoms with Gasteiger partial charge >= 0.3 is 0 Å². The Labute approximate surface area is 130 Å². The van der Waals surface area contributed by atoms with E-state index in [-0.39, 0.29) is 16.4 Å². The lowest BCUT2D eigenvalue weighted by Crippen LogP contribution is -2.17. The van der Waals surface area contributed by atoms with Gasteiger partial charge in [0.15, 0.2) is 0 Å². The van der Waals surface area contributed by atoms with Gasteiger partial charge in [-0.25, -0.2) is 8.78 Å². The van der Waals surface area contributed by atoms with Crippen molar-refractivity contribution >= 4 is 34.1 Å². The molecule has 1 aromatic heterocycles. The van der Waals surface area contributed by atoms with Gasteiger partial charge in [-0.15, -0.1) is 0 Å². The van der Waals surface area contributed by atoms with Gasteiger partial charge in [0.2, 0.25) is 0 Å². The molecule has 6 heteroatoms. The van der Waals surface area contributed by atoms with Gasteiger partial charge < -0.3 is 9.88 Å². The van der Waals surface area contributed by atoms with Crippen LogP contribution in [0.4, 0.5) is 14.5 Å². The van der Waals surface area contributed by atoms with E-state index >= 15 is 0 Å². The first-order valence-electron chi connectivity index (χ1n) is 6.48. The number of nitrogens with one attached hydrogen (secondary N) is 1. The van der Waals surface area contributed by atoms with Crippen LogP contribution >= 0.6 is 11.6 Å². The fourth-order valence-corrected chi connectivity index (χ4v) is 2.74. The van der Waals surface area contributed by atoms with Crippen molar-refractivity contribution < 1.29 is 13.6 Å². The van der Waals surface area contributed by atoms with Crippen LogP contribution in [0.1, 0.15) is 10.5 Å². The van der Waals surface area contributed by atoms with Gasteiger partial charge in [-0.2, -0.15) is 0 Å². The van der Waals surface area contributed by atoms with E-state index in [9.17, 15) is 13.6 Å². The molecule has 0 radical (unpaired) electrons. The molecule has 0 saturated carbocycles. The first-order chi connectivity index (χ1) is 10.5. The summed E-state index contributed by atoms with van der Waals surface area (Å²) in [5, 5.41) is 3.43. The number of hydrogen-bond donors (Lipinski definition) is 1. The Morgan fingerprint density at radius 1 is 1.18 bits per heavy atom. The van der Waals surface area contributed by atoms with Crippen LogP contribution in [0.2, 0.25) is 5.02 Å². The lowest BCUT2D eigenvalue weighted by atomic mass is 10.2. The minimum absolute atomic E-state index is 0.104. The van der Waals surface area contributed by atoms with Crippen molar-refractivity contribution in [2.24, 2.45) is 7.05 Å². The molecule has 22 heavy (non-hydrogen) atoms. The number of aromatic nitrogens is 1. The zero-order valence-corrected chi connectivity index (χ0v) is 12.3. The molecule has 0 saturated heterocycles. The van der Waals surface area contributed by atoms with Crippen LogP contribution in [-0.4, -0.2) is 10.5 Å². The van der Waals surface area contributed by atoms with Crippen LogP contribution in [0.25, 0.3) is 10.9 Å². The van der Waals surface area contributed by atoms with Crippen molar-refractivity contribution in [3.05, 3.63) is 64.8 Å². The number of fused-ring (bicyclic) bond motifs is 1. The Balaban J connectivity index is 2.02. The monoisotopic (exact) mass is 320 g/mol. The third kappa shape index (κ3) is 2.33. The van der Waals surface area contributed by atoms with E-state index < -0.39 is 17.5 Å². The Bertz CT molecular complexity index is 850. The predicted molar refractivity (Wildman–Crippen MR) is 82.2 cm³/mol. The number of nitrogens with zero attached hydrogens (tertiary/aromatic N) is 1. The largest absolute Gasteiger partial charge is 0.338 e. The second-order valence-corrected chi connectivity index (χ2v) is 5.20. The highest BCUT2D eigenvalue weighted by Crippen LogP contribution is 2.30. The number of hydrogen-bond acceptors (Lipinski definition) is 1. The Kier molecular flexibility index (Phi) is 3.58. The third-order valence-corrected chi connectivity index (χ3v) is 3.82. The van der Waals surface area contributed by atoms with Crippen LogP contribution in [0.15, 0.2) is 42.5 Å². The van der Waals surface area contributed by atoms with Crippen LogP contribution in [0.5, 0.6) is 0 Å². The van der Waals surface area contributed by atoms with E-state index in [1.54, 1.807) is 17.7 Å². The molecule has 3 nitrogen and oxygen atoms in total. The number of carbonyl (C=O) groups is 1. The summed E-state index contributed by atoms with van der Waals surface area (Å²) >= 11 is 6.25. The molecule has 0 aliphatic rings. The summed E-state index contributed by atoms with van der Waals surface area (Å²) in [4.78, 5) is 12.4. The SMILES string of the molecule is Cn1c(C(=O)Nc2ccc(F)cc2F)c(Cl)c2ccccc21. The van der Waals surface area contributed by atoms with Gasteiger partial charge in [0.1, 0.15) is 17.3 Å². The Morgan fingerprint density at radius 3 is 2.59 bits per heavy atom. The standard InChI is InChI=1S/C16H11ClF2N2O/c1-21-13-5-3-2-4-10(13)14(17)15(21)16(22)20-12-7-6-9(18)8-11(12)19/h2-8H,1H3,(H,20,22). The molecule has 3 rings (SSSR count). The van der Waals surface area contributed by atoms with E-state index in [0.29, 0.717) is 6.07 Å². The van der Waals surface area contributed by atoms with Gasteiger partial charge in [-0.05, 0) is 18.2 Å². The molecule has 0 aliphatic heterocycles. The number of anilines is 1. The molecule has 0 unspecified atom stereocenters. The Hall–Kier alpha value is -2.40. The van der Waals surface area contributed by atoms with E-state index in [1.165, 1.54) is 6.07 Å². The molecule has 0 spiro atoms. The fourth-order valence-electron chi connectivity index (χ4n) is 2.37. The summed E-state index contributed by atoms with van der Waals surface area (Å²) < 4.78 is 28.2. The van der Waals surface area contributed by atoms with Crippen molar-refractivity contribution in [3.63, 3.8) is 0 Å². The summed E-state index contributed by atoms with van der Waals surface area (Å²) in [5.74, 6) is -2.12. The number of para-hydroxylation sites is 1. The summed E-state index contributed by atoms with van der Waals surface area (Å²) in [7, 11) is 1.70. The van der Waals surface area contributed by atoms with Gasteiger partial charge in [0.05, 0.1) is 10.7 Å². The quantitative estimate of drug-likeness (QED) is 0.748. The molecule has 1 amide bonds. The lowest BCUT2D eigenvalue weighted by Gasteiger charge is -2.08. The topological polar surface area (TPSA) is 34.0 Å². The Morgan fingerprint density at radius 2 is 1.91 bits per heavy atom. The molecule has 3 aromatic rings. The highest BCUT2D eigenvalue weighted by atomic mass is 35.5. The van der Waals surface area contributed by atoms with Gasteiger partial charge in [0, 0.05) is 24.0 Å². The molecule has 0 atom stereocenters. The number of rotatable bonds is 2. The minimum Gasteiger partial charge on any atom is -0.338 e. The first-order valence-corrected chi connectivity index (χ1v) is 6.86. The van der Waals surface area contributed by atoms with E-state index in [2.05, 4.69) is 5.32 Å². The zero-order valence-electron chi connectivity index (χ0n) is 11.5. The maximum absolute atomic E-state index is 13.6. The van der Waals surface area contributed by atoms with Crippen LogP contribution in [-0.2, 0) is 7.05 Å². The fraction of sp³-hybridized carbons (Fsp3) is 0.0625. The predicted octanol–water partition coefficient (Wildman–Crippen LogP) is 4.36. The molecule has 0 fully saturated rings. The van der Waals surface area contributed by atoms with Gasteiger partial charge in [-0.3, -0.25) is 4.79 Å². The van der Waals surface area contributed by atoms with Crippen molar-refractivity contribution in [2.75, 3.05) is 5.32 Å². The lowest BCUT2D eigenvalue weighted by molar-refractivity contribution is 0.101. The zero-order chi connectivity index (χ0) is 15.9. The number of carbonyl (C=O) groups excluding carboxylic acids is 1. The normalized spacial score (nSPS) is 10.9. The highest BCUT2D eigenvalue weighted by Gasteiger charge is 2.20. The van der Waals surface area contributed by atoms with Crippen LogP contribution in [0, 0.1) is 11.6 Å². The van der Waals surface area contributed by atoms with Crippen molar-refractivity contribution in [3.8, 4) is 0 Å². The van der Waals surface area contributed by atoms with Crippen LogP contribution < -0.4 is 5.32 Å². The number of halogens is 3. The summed E-state index contributed by atoms with van der Waals surface area (Å²) in [5.41, 5.74) is 0.900. The molecular formula is C16H11ClF2N2O. The number of aryl methyl sites for hydroxylation is 1. The second-order valence-electron chi connectivity index (χ2n) is 4.82. The number of benzene rings is 2. The van der Waals surface area contributed by atoms with Gasteiger partial charge in [0.25, 0.3) is 5.91 Å². The highest BCUT2D eigenvalue weighted by molar-refractivity contribution is 6.39. The molecule has 1 heterocycles. The van der Waals surface area contributed by atoms with E-state index in [4.69, 9.17) is 11.6 Å². The summed E-state index contributed by atoms with van der Waals surface area (Å²) in [6.45, 7) is 0. The molecular weight excluding hydrogens is 310 g/mol. The third-order valence-electron chi connectivity index (χ3n) is 3.44. The summed E-state index contributed by atoms with van der Waals surface area (Å²) in [6.07, 6.45) is 0. The maximum Gasteiger partial charge on any atom is 0.273 e. The molecule has 112 valence electrons. The second kappa shape index (κ2) is 5.42. The van der Waals surface area contributed by atoms with Crippen molar-refractivity contribution in [2.45, 2.75) is 0 Å². The molecule has 0 aliphatic carbocycles.